The SMILES string of the molecule is CCN1N=C(C(=O)N2C[C@@H](C)O[C@H](c3ccccc3)C2)CC1=O. The van der Waals surface area contributed by atoms with Gasteiger partial charge in [-0.05, 0) is 19.4 Å². The van der Waals surface area contributed by atoms with E-state index in [0.717, 1.165) is 5.56 Å². The summed E-state index contributed by atoms with van der Waals surface area (Å²) in [6, 6.07) is 9.88. The van der Waals surface area contributed by atoms with Crippen molar-refractivity contribution in [1.82, 2.24) is 9.91 Å². The number of hydrogen-bond donors (Lipinski definition) is 0. The molecule has 2 atom stereocenters. The number of amides is 2. The first-order valence-corrected chi connectivity index (χ1v) is 7.96. The summed E-state index contributed by atoms with van der Waals surface area (Å²) in [4.78, 5) is 26.2. The second-order valence-electron chi connectivity index (χ2n) is 5.89. The summed E-state index contributed by atoms with van der Waals surface area (Å²) < 4.78 is 5.97. The van der Waals surface area contributed by atoms with Gasteiger partial charge in [-0.25, -0.2) is 5.01 Å². The molecule has 1 aromatic rings. The Balaban J connectivity index is 1.75. The topological polar surface area (TPSA) is 62.2 Å². The average molecular weight is 315 g/mol. The zero-order chi connectivity index (χ0) is 16.4. The van der Waals surface area contributed by atoms with E-state index in [4.69, 9.17) is 4.74 Å². The van der Waals surface area contributed by atoms with Gasteiger partial charge in [0.1, 0.15) is 11.8 Å². The van der Waals surface area contributed by atoms with E-state index < -0.39 is 0 Å². The molecule has 2 aliphatic heterocycles. The fourth-order valence-corrected chi connectivity index (χ4v) is 2.99. The van der Waals surface area contributed by atoms with Gasteiger partial charge >= 0.3 is 0 Å². The van der Waals surface area contributed by atoms with E-state index in [1.54, 1.807) is 4.90 Å². The minimum absolute atomic E-state index is 0.0575. The maximum atomic E-state index is 12.7. The maximum Gasteiger partial charge on any atom is 0.270 e. The summed E-state index contributed by atoms with van der Waals surface area (Å²) in [5, 5.41) is 5.51. The van der Waals surface area contributed by atoms with Gasteiger partial charge < -0.3 is 9.64 Å². The number of hydrogen-bond acceptors (Lipinski definition) is 4. The molecule has 23 heavy (non-hydrogen) atoms. The van der Waals surface area contributed by atoms with Gasteiger partial charge in [0, 0.05) is 13.1 Å². The zero-order valence-corrected chi connectivity index (χ0v) is 13.4. The Morgan fingerprint density at radius 2 is 2.04 bits per heavy atom. The molecule has 0 bridgehead atoms. The van der Waals surface area contributed by atoms with Crippen molar-refractivity contribution in [1.29, 1.82) is 0 Å². The van der Waals surface area contributed by atoms with Crippen LogP contribution in [0.2, 0.25) is 0 Å². The number of hydrazone groups is 1. The first kappa shape index (κ1) is 15.7. The number of nitrogens with zero attached hydrogens (tertiary/aromatic N) is 3. The molecule has 0 unspecified atom stereocenters. The van der Waals surface area contributed by atoms with Gasteiger partial charge in [-0.15, -0.1) is 0 Å². The number of ether oxygens (including phenoxy) is 1. The molecule has 1 saturated heterocycles. The van der Waals surface area contributed by atoms with Crippen molar-refractivity contribution in [2.45, 2.75) is 32.5 Å². The molecule has 1 aromatic carbocycles. The third-order valence-corrected chi connectivity index (χ3v) is 4.11. The Hall–Kier alpha value is -2.21. The molecular formula is C17H21N3O3. The first-order chi connectivity index (χ1) is 11.1. The van der Waals surface area contributed by atoms with Gasteiger partial charge in [0.2, 0.25) is 5.91 Å². The van der Waals surface area contributed by atoms with Crippen LogP contribution in [0.4, 0.5) is 0 Å². The summed E-state index contributed by atoms with van der Waals surface area (Å²) >= 11 is 0. The van der Waals surface area contributed by atoms with E-state index in [1.165, 1.54) is 5.01 Å². The molecule has 2 amide bonds. The zero-order valence-electron chi connectivity index (χ0n) is 13.4. The normalized spacial score (nSPS) is 24.8. The van der Waals surface area contributed by atoms with Gasteiger partial charge in [0.15, 0.2) is 0 Å². The van der Waals surface area contributed by atoms with Gasteiger partial charge in [-0.3, -0.25) is 9.59 Å². The van der Waals surface area contributed by atoms with Crippen LogP contribution >= 0.6 is 0 Å². The fourth-order valence-electron chi connectivity index (χ4n) is 2.99. The molecule has 2 aliphatic rings. The predicted molar refractivity (Wildman–Crippen MR) is 85.7 cm³/mol. The van der Waals surface area contributed by atoms with Gasteiger partial charge in [-0.2, -0.15) is 5.10 Å². The summed E-state index contributed by atoms with van der Waals surface area (Å²) in [5.41, 5.74) is 1.38. The highest BCUT2D eigenvalue weighted by Gasteiger charge is 2.35. The first-order valence-electron chi connectivity index (χ1n) is 7.96. The Bertz CT molecular complexity index is 629. The van der Waals surface area contributed by atoms with Crippen LogP contribution in [0, 0.1) is 0 Å². The smallest absolute Gasteiger partial charge is 0.270 e. The van der Waals surface area contributed by atoms with Crippen molar-refractivity contribution < 1.29 is 14.3 Å². The lowest BCUT2D eigenvalue weighted by Crippen LogP contribution is -2.48. The van der Waals surface area contributed by atoms with Crippen molar-refractivity contribution >= 4 is 17.5 Å². The number of carbonyl (C=O) groups is 2. The molecule has 0 radical (unpaired) electrons. The van der Waals surface area contributed by atoms with E-state index in [2.05, 4.69) is 5.10 Å². The van der Waals surface area contributed by atoms with Crippen LogP contribution in [0.15, 0.2) is 35.4 Å². The minimum atomic E-state index is -0.162. The second-order valence-corrected chi connectivity index (χ2v) is 5.89. The van der Waals surface area contributed by atoms with Gasteiger partial charge in [0.25, 0.3) is 5.91 Å². The summed E-state index contributed by atoms with van der Waals surface area (Å²) in [5.74, 6) is -0.276. The van der Waals surface area contributed by atoms with Crippen LogP contribution in [0.5, 0.6) is 0 Å². The van der Waals surface area contributed by atoms with Crippen LogP contribution in [0.25, 0.3) is 0 Å². The van der Waals surface area contributed by atoms with Crippen molar-refractivity contribution in [2.24, 2.45) is 5.10 Å². The number of morpholine rings is 1. The lowest BCUT2D eigenvalue weighted by atomic mass is 10.1. The monoisotopic (exact) mass is 315 g/mol. The van der Waals surface area contributed by atoms with Crippen molar-refractivity contribution in [3.05, 3.63) is 35.9 Å². The van der Waals surface area contributed by atoms with Crippen LogP contribution < -0.4 is 0 Å². The van der Waals surface area contributed by atoms with Crippen LogP contribution in [0.3, 0.4) is 0 Å². The third kappa shape index (κ3) is 3.27. The molecule has 3 rings (SSSR count). The molecule has 0 N–H and O–H groups in total. The number of carbonyl (C=O) groups excluding carboxylic acids is 2. The molecule has 2 heterocycles. The molecule has 0 aliphatic carbocycles. The van der Waals surface area contributed by atoms with E-state index in [0.29, 0.717) is 25.3 Å². The lowest BCUT2D eigenvalue weighted by molar-refractivity contribution is -0.138. The van der Waals surface area contributed by atoms with Crippen molar-refractivity contribution in [3.8, 4) is 0 Å². The molecular weight excluding hydrogens is 294 g/mol. The minimum Gasteiger partial charge on any atom is -0.367 e. The van der Waals surface area contributed by atoms with Crippen molar-refractivity contribution in [2.75, 3.05) is 19.6 Å². The Morgan fingerprint density at radius 1 is 1.30 bits per heavy atom. The van der Waals surface area contributed by atoms with E-state index in [9.17, 15) is 9.59 Å². The summed E-state index contributed by atoms with van der Waals surface area (Å²) in [6.07, 6.45) is -0.115. The highest BCUT2D eigenvalue weighted by molar-refractivity contribution is 6.43. The second kappa shape index (κ2) is 6.50. The highest BCUT2D eigenvalue weighted by atomic mass is 16.5. The molecule has 0 spiro atoms. The molecule has 0 saturated carbocycles. The standard InChI is InChI=1S/C17H21N3O3/c1-3-20-16(21)9-14(18-20)17(22)19-10-12(2)23-15(11-19)13-7-5-4-6-8-13/h4-8,12,15H,3,9-11H2,1-2H3/t12-,15+/m1/s1. The summed E-state index contributed by atoms with van der Waals surface area (Å²) in [7, 11) is 0. The summed E-state index contributed by atoms with van der Waals surface area (Å²) in [6.45, 7) is 5.28. The molecule has 6 heteroatoms. The van der Waals surface area contributed by atoms with Crippen LogP contribution in [-0.2, 0) is 14.3 Å². The Kier molecular flexibility index (Phi) is 4.43. The molecule has 1 fully saturated rings. The van der Waals surface area contributed by atoms with E-state index in [-0.39, 0.29) is 30.4 Å². The van der Waals surface area contributed by atoms with Gasteiger partial charge in [0.05, 0.1) is 19.1 Å². The maximum absolute atomic E-state index is 12.7. The number of rotatable bonds is 3. The van der Waals surface area contributed by atoms with Gasteiger partial charge in [-0.1, -0.05) is 30.3 Å². The number of benzene rings is 1. The Morgan fingerprint density at radius 3 is 2.70 bits per heavy atom. The van der Waals surface area contributed by atoms with Crippen molar-refractivity contribution in [3.63, 3.8) is 0 Å². The quantitative estimate of drug-likeness (QED) is 0.851. The molecule has 122 valence electrons. The Labute approximate surface area is 135 Å². The highest BCUT2D eigenvalue weighted by Crippen LogP contribution is 2.25. The third-order valence-electron chi connectivity index (χ3n) is 4.11. The average Bonchev–Trinajstić information content (AvgIpc) is 2.95. The molecule has 6 nitrogen and oxygen atoms in total. The van der Waals surface area contributed by atoms with E-state index in [1.807, 2.05) is 44.2 Å². The molecule has 0 aromatic heterocycles. The fraction of sp³-hybridized carbons (Fsp3) is 0.471. The van der Waals surface area contributed by atoms with E-state index >= 15 is 0 Å². The van der Waals surface area contributed by atoms with Crippen LogP contribution in [-0.4, -0.2) is 53.2 Å². The van der Waals surface area contributed by atoms with Crippen LogP contribution in [0.1, 0.15) is 31.9 Å². The lowest BCUT2D eigenvalue weighted by Gasteiger charge is -2.37. The predicted octanol–water partition coefficient (Wildman–Crippen LogP) is 1.58. The largest absolute Gasteiger partial charge is 0.367 e.